The molecular weight excluding hydrogens is 427 g/mol. The summed E-state index contributed by atoms with van der Waals surface area (Å²) in [5.41, 5.74) is 4.10. The number of pyridine rings is 1. The van der Waals surface area contributed by atoms with E-state index in [9.17, 15) is 4.39 Å². The molecule has 2 heterocycles. The molecule has 3 N–H and O–H groups in total. The highest BCUT2D eigenvalue weighted by molar-refractivity contribution is 6.19. The number of allylic oxidation sites excluding steroid dienone is 8. The molecule has 0 amide bonds. The molecule has 2 unspecified atom stereocenters. The largest absolute Gasteiger partial charge is 0.391 e. The van der Waals surface area contributed by atoms with Crippen LogP contribution in [0.3, 0.4) is 0 Å². The van der Waals surface area contributed by atoms with Gasteiger partial charge in [0.1, 0.15) is 24.0 Å². The summed E-state index contributed by atoms with van der Waals surface area (Å²) in [7, 11) is 1.84. The Kier molecular flexibility index (Phi) is 8.42. The Morgan fingerprint density at radius 1 is 1.26 bits per heavy atom. The summed E-state index contributed by atoms with van der Waals surface area (Å²) in [6, 6.07) is 4.01. The molecule has 1 saturated heterocycles. The van der Waals surface area contributed by atoms with Gasteiger partial charge in [0.2, 0.25) is 0 Å². The molecule has 182 valence electrons. The van der Waals surface area contributed by atoms with Crippen LogP contribution < -0.4 is 15.5 Å². The van der Waals surface area contributed by atoms with Crippen LogP contribution in [0.1, 0.15) is 34.6 Å². The van der Waals surface area contributed by atoms with Crippen molar-refractivity contribution in [3.63, 3.8) is 0 Å². The molecule has 0 spiro atoms. The minimum atomic E-state index is -0.401. The van der Waals surface area contributed by atoms with Crippen LogP contribution in [-0.2, 0) is 0 Å². The molecule has 0 saturated carbocycles. The summed E-state index contributed by atoms with van der Waals surface area (Å²) in [6.45, 7) is 12.6. The first-order valence-corrected chi connectivity index (χ1v) is 12.0. The van der Waals surface area contributed by atoms with Crippen LogP contribution in [0.4, 0.5) is 15.9 Å². The van der Waals surface area contributed by atoms with E-state index in [1.165, 1.54) is 6.08 Å². The van der Waals surface area contributed by atoms with E-state index in [1.807, 2.05) is 25.4 Å². The molecule has 1 aliphatic heterocycles. The molecular formula is C27H37FN6. The van der Waals surface area contributed by atoms with Crippen LogP contribution in [0.5, 0.6) is 0 Å². The van der Waals surface area contributed by atoms with E-state index < -0.39 is 5.83 Å². The number of rotatable bonds is 8. The Hall–Kier alpha value is -3.22. The van der Waals surface area contributed by atoms with Gasteiger partial charge in [-0.2, -0.15) is 0 Å². The molecule has 7 heteroatoms. The van der Waals surface area contributed by atoms with Gasteiger partial charge in [-0.3, -0.25) is 4.99 Å². The Balaban J connectivity index is 1.77. The molecule has 34 heavy (non-hydrogen) atoms. The number of hydrogen-bond donors (Lipinski definition) is 3. The Morgan fingerprint density at radius 2 is 1.97 bits per heavy atom. The van der Waals surface area contributed by atoms with Gasteiger partial charge in [-0.15, -0.1) is 0 Å². The first-order valence-electron chi connectivity index (χ1n) is 12.0. The minimum Gasteiger partial charge on any atom is -0.391 e. The number of aliphatic imine (C=N–C) groups is 1. The van der Waals surface area contributed by atoms with Crippen molar-refractivity contribution in [1.29, 1.82) is 5.41 Å². The molecule has 0 bridgehead atoms. The number of aromatic nitrogens is 1. The van der Waals surface area contributed by atoms with Crippen molar-refractivity contribution in [3.8, 4) is 0 Å². The van der Waals surface area contributed by atoms with Gasteiger partial charge in [0, 0.05) is 37.0 Å². The first-order chi connectivity index (χ1) is 16.2. The zero-order valence-corrected chi connectivity index (χ0v) is 21.1. The second-order valence-electron chi connectivity index (χ2n) is 9.32. The van der Waals surface area contributed by atoms with Crippen LogP contribution in [0.15, 0.2) is 70.3 Å². The number of halogens is 1. The SMILES string of the molecule is C/C=C(F)\C(=N/CNc1ccc(N2CC(C)C(C)C2)cn1)C1=C/C(=C(/NC)C(C)C)C(=N)C=C1. The van der Waals surface area contributed by atoms with Gasteiger partial charge in [0.05, 0.1) is 17.6 Å². The average molecular weight is 465 g/mol. The smallest absolute Gasteiger partial charge is 0.144 e. The minimum absolute atomic E-state index is 0.186. The van der Waals surface area contributed by atoms with Crippen LogP contribution in [-0.4, -0.2) is 43.2 Å². The second kappa shape index (κ2) is 11.3. The summed E-state index contributed by atoms with van der Waals surface area (Å²) in [6.07, 6.45) is 8.55. The average Bonchev–Trinajstić information content (AvgIpc) is 3.16. The van der Waals surface area contributed by atoms with E-state index >= 15 is 0 Å². The zero-order valence-electron chi connectivity index (χ0n) is 21.1. The lowest BCUT2D eigenvalue weighted by molar-refractivity contribution is 0.494. The third-order valence-electron chi connectivity index (χ3n) is 6.51. The number of hydrogen-bond acceptors (Lipinski definition) is 6. The van der Waals surface area contributed by atoms with Crippen molar-refractivity contribution < 1.29 is 4.39 Å². The van der Waals surface area contributed by atoms with Crippen LogP contribution in [0, 0.1) is 23.2 Å². The van der Waals surface area contributed by atoms with Gasteiger partial charge in [-0.1, -0.05) is 33.8 Å². The molecule has 6 nitrogen and oxygen atoms in total. The summed E-state index contributed by atoms with van der Waals surface area (Å²) < 4.78 is 14.8. The van der Waals surface area contributed by atoms with E-state index in [-0.39, 0.29) is 18.3 Å². The highest BCUT2D eigenvalue weighted by Gasteiger charge is 2.26. The van der Waals surface area contributed by atoms with Crippen molar-refractivity contribution in [1.82, 2.24) is 10.3 Å². The lowest BCUT2D eigenvalue weighted by Gasteiger charge is -2.19. The molecule has 1 aromatic heterocycles. The monoisotopic (exact) mass is 464 g/mol. The van der Waals surface area contributed by atoms with Crippen molar-refractivity contribution in [3.05, 3.63) is 65.3 Å². The topological polar surface area (TPSA) is 76.4 Å². The predicted molar refractivity (Wildman–Crippen MR) is 141 cm³/mol. The fraction of sp³-hybridized carbons (Fsp3) is 0.444. The van der Waals surface area contributed by atoms with Gasteiger partial charge in [-0.25, -0.2) is 9.37 Å². The van der Waals surface area contributed by atoms with Crippen molar-refractivity contribution >= 4 is 22.9 Å². The molecule has 2 atom stereocenters. The highest BCUT2D eigenvalue weighted by Crippen LogP contribution is 2.28. The fourth-order valence-electron chi connectivity index (χ4n) is 4.31. The van der Waals surface area contributed by atoms with Crippen molar-refractivity contribution in [2.45, 2.75) is 34.6 Å². The third-order valence-corrected chi connectivity index (χ3v) is 6.51. The van der Waals surface area contributed by atoms with E-state index in [0.29, 0.717) is 28.9 Å². The maximum atomic E-state index is 14.8. The lowest BCUT2D eigenvalue weighted by Crippen LogP contribution is -2.20. The molecule has 0 aromatic carbocycles. The number of anilines is 2. The molecule has 0 radical (unpaired) electrons. The number of nitrogens with zero attached hydrogens (tertiary/aromatic N) is 3. The molecule has 3 rings (SSSR count). The maximum Gasteiger partial charge on any atom is 0.144 e. The third kappa shape index (κ3) is 5.82. The summed E-state index contributed by atoms with van der Waals surface area (Å²) >= 11 is 0. The van der Waals surface area contributed by atoms with E-state index in [2.05, 4.69) is 59.3 Å². The predicted octanol–water partition coefficient (Wildman–Crippen LogP) is 5.50. The first kappa shape index (κ1) is 25.4. The van der Waals surface area contributed by atoms with E-state index in [0.717, 1.165) is 30.0 Å². The molecule has 1 aliphatic carbocycles. The Bertz CT molecular complexity index is 1040. The zero-order chi connectivity index (χ0) is 24.8. The van der Waals surface area contributed by atoms with Crippen LogP contribution in [0.25, 0.3) is 0 Å². The summed E-state index contributed by atoms with van der Waals surface area (Å²) in [5.74, 6) is 1.86. The van der Waals surface area contributed by atoms with Gasteiger partial charge >= 0.3 is 0 Å². The fourth-order valence-corrected chi connectivity index (χ4v) is 4.31. The second-order valence-corrected chi connectivity index (χ2v) is 9.32. The summed E-state index contributed by atoms with van der Waals surface area (Å²) in [4.78, 5) is 11.4. The number of nitrogens with one attached hydrogen (secondary N) is 3. The molecule has 1 aromatic rings. The van der Waals surface area contributed by atoms with Gasteiger partial charge < -0.3 is 20.9 Å². The lowest BCUT2D eigenvalue weighted by atomic mass is 9.92. The Morgan fingerprint density at radius 3 is 2.53 bits per heavy atom. The van der Waals surface area contributed by atoms with Crippen LogP contribution >= 0.6 is 0 Å². The van der Waals surface area contributed by atoms with Crippen molar-refractivity contribution in [2.75, 3.05) is 37.0 Å². The van der Waals surface area contributed by atoms with Gasteiger partial charge in [0.15, 0.2) is 0 Å². The summed E-state index contributed by atoms with van der Waals surface area (Å²) in [5, 5.41) is 14.7. The highest BCUT2D eigenvalue weighted by atomic mass is 19.1. The van der Waals surface area contributed by atoms with Gasteiger partial charge in [0.25, 0.3) is 0 Å². The van der Waals surface area contributed by atoms with E-state index in [4.69, 9.17) is 5.41 Å². The Labute approximate surface area is 203 Å². The van der Waals surface area contributed by atoms with Crippen molar-refractivity contribution in [2.24, 2.45) is 22.7 Å². The quantitative estimate of drug-likeness (QED) is 0.444. The normalized spacial score (nSPS) is 22.9. The van der Waals surface area contributed by atoms with E-state index in [1.54, 1.807) is 19.1 Å². The van der Waals surface area contributed by atoms with Gasteiger partial charge in [-0.05, 0) is 55.0 Å². The standard InChI is InChI=1S/C27H37FN6/c1-7-23(28)27(20-8-10-24(29)22(12-20)26(30-6)17(2)3)33-16-32-25-11-9-21(13-31-25)34-14-18(4)19(5)15-34/h7-13,17-19,29-30H,14-16H2,1-6H3,(H,31,32)/b23-7+,26-22-,29-24?,33-27-. The molecule has 2 aliphatic rings. The van der Waals surface area contributed by atoms with Crippen LogP contribution in [0.2, 0.25) is 0 Å². The maximum absolute atomic E-state index is 14.8. The molecule has 1 fully saturated rings.